The van der Waals surface area contributed by atoms with Crippen molar-refractivity contribution in [1.29, 1.82) is 0 Å². The molecule has 0 atom stereocenters. The van der Waals surface area contributed by atoms with Crippen LogP contribution in [-0.4, -0.2) is 9.55 Å². The maximum atomic E-state index is 6.32. The van der Waals surface area contributed by atoms with Gasteiger partial charge in [0.25, 0.3) is 0 Å². The van der Waals surface area contributed by atoms with Crippen LogP contribution in [-0.2, 0) is 19.4 Å². The van der Waals surface area contributed by atoms with Crippen molar-refractivity contribution in [2.75, 3.05) is 5.73 Å². The van der Waals surface area contributed by atoms with Gasteiger partial charge in [-0.3, -0.25) is 0 Å². The summed E-state index contributed by atoms with van der Waals surface area (Å²) in [6.07, 6.45) is 6.62. The van der Waals surface area contributed by atoms with Crippen molar-refractivity contribution in [2.24, 2.45) is 0 Å². The van der Waals surface area contributed by atoms with Crippen LogP contribution in [0.5, 0.6) is 0 Å². The molecule has 0 aliphatic carbocycles. The van der Waals surface area contributed by atoms with Gasteiger partial charge in [0, 0.05) is 25.1 Å². The first-order valence-corrected chi connectivity index (χ1v) is 9.69. The molecule has 1 aromatic heterocycles. The zero-order valence-electron chi connectivity index (χ0n) is 15.7. The van der Waals surface area contributed by atoms with E-state index in [2.05, 4.69) is 72.2 Å². The van der Waals surface area contributed by atoms with Gasteiger partial charge in [0.1, 0.15) is 0 Å². The maximum Gasteiger partial charge on any atom is 0.200 e. The van der Waals surface area contributed by atoms with E-state index in [1.165, 1.54) is 36.1 Å². The van der Waals surface area contributed by atoms with E-state index in [0.717, 1.165) is 31.5 Å². The highest BCUT2D eigenvalue weighted by molar-refractivity contribution is 5.36. The molecule has 0 saturated carbocycles. The van der Waals surface area contributed by atoms with Crippen molar-refractivity contribution < 1.29 is 0 Å². The van der Waals surface area contributed by atoms with Crippen LogP contribution >= 0.6 is 0 Å². The van der Waals surface area contributed by atoms with Gasteiger partial charge >= 0.3 is 0 Å². The van der Waals surface area contributed by atoms with Gasteiger partial charge in [-0.2, -0.15) is 0 Å². The zero-order chi connectivity index (χ0) is 18.2. The van der Waals surface area contributed by atoms with Gasteiger partial charge in [-0.1, -0.05) is 86.8 Å². The van der Waals surface area contributed by atoms with Gasteiger partial charge < -0.3 is 10.3 Å². The lowest BCUT2D eigenvalue weighted by molar-refractivity contribution is 0.575. The molecule has 3 aromatic rings. The second-order valence-electron chi connectivity index (χ2n) is 6.90. The van der Waals surface area contributed by atoms with Gasteiger partial charge in [0.2, 0.25) is 5.95 Å². The summed E-state index contributed by atoms with van der Waals surface area (Å²) in [7, 11) is 0. The Hall–Kier alpha value is -2.55. The number of hydrogen-bond acceptors (Lipinski definition) is 2. The molecule has 2 aromatic carbocycles. The Labute approximate surface area is 156 Å². The van der Waals surface area contributed by atoms with Crippen LogP contribution in [0.4, 0.5) is 5.95 Å². The van der Waals surface area contributed by atoms with Crippen molar-refractivity contribution >= 4 is 5.95 Å². The Morgan fingerprint density at radius 1 is 0.808 bits per heavy atom. The fourth-order valence-corrected chi connectivity index (χ4v) is 3.42. The second-order valence-corrected chi connectivity index (χ2v) is 6.90. The summed E-state index contributed by atoms with van der Waals surface area (Å²) in [4.78, 5) is 4.74. The Bertz CT molecular complexity index is 791. The van der Waals surface area contributed by atoms with E-state index in [1.807, 2.05) is 0 Å². The standard InChI is InChI=1S/C23H29N3/c1-2-3-4-11-16-26-22(18-20-14-9-6-10-15-20)21(25-23(26)24)17-19-12-7-5-8-13-19/h5-10,12-15H,2-4,11,16-18H2,1H3,(H2,24,25). The lowest BCUT2D eigenvalue weighted by Crippen LogP contribution is -2.09. The van der Waals surface area contributed by atoms with E-state index in [1.54, 1.807) is 0 Å². The van der Waals surface area contributed by atoms with E-state index in [4.69, 9.17) is 10.7 Å². The molecule has 3 rings (SSSR count). The van der Waals surface area contributed by atoms with E-state index in [0.29, 0.717) is 5.95 Å². The first-order valence-electron chi connectivity index (χ1n) is 9.69. The number of unbranched alkanes of at least 4 members (excludes halogenated alkanes) is 3. The van der Waals surface area contributed by atoms with Crippen LogP contribution in [0.2, 0.25) is 0 Å². The first-order chi connectivity index (χ1) is 12.8. The van der Waals surface area contributed by atoms with Crippen molar-refractivity contribution in [2.45, 2.75) is 52.0 Å². The minimum atomic E-state index is 0.651. The van der Waals surface area contributed by atoms with Crippen LogP contribution in [0.15, 0.2) is 60.7 Å². The molecule has 3 nitrogen and oxygen atoms in total. The summed E-state index contributed by atoms with van der Waals surface area (Å²) < 4.78 is 2.24. The fourth-order valence-electron chi connectivity index (χ4n) is 3.42. The average Bonchev–Trinajstić information content (AvgIpc) is 2.95. The second kappa shape index (κ2) is 9.23. The summed E-state index contributed by atoms with van der Waals surface area (Å²) in [5.41, 5.74) is 11.3. The Balaban J connectivity index is 1.87. The number of imidazole rings is 1. The third-order valence-corrected chi connectivity index (χ3v) is 4.85. The van der Waals surface area contributed by atoms with Crippen molar-refractivity contribution in [3.8, 4) is 0 Å². The molecule has 0 spiro atoms. The van der Waals surface area contributed by atoms with Gasteiger partial charge in [-0.15, -0.1) is 0 Å². The van der Waals surface area contributed by atoms with Crippen LogP contribution < -0.4 is 5.73 Å². The SMILES string of the molecule is CCCCCCn1c(N)nc(Cc2ccccc2)c1Cc1ccccc1. The van der Waals surface area contributed by atoms with Gasteiger partial charge in [-0.25, -0.2) is 4.98 Å². The molecule has 3 heteroatoms. The van der Waals surface area contributed by atoms with Gasteiger partial charge in [0.05, 0.1) is 5.69 Å². The summed E-state index contributed by atoms with van der Waals surface area (Å²) in [6.45, 7) is 3.19. The minimum Gasteiger partial charge on any atom is -0.369 e. The minimum absolute atomic E-state index is 0.651. The lowest BCUT2D eigenvalue weighted by atomic mass is 10.0. The lowest BCUT2D eigenvalue weighted by Gasteiger charge is -2.12. The summed E-state index contributed by atoms with van der Waals surface area (Å²) in [5.74, 6) is 0.651. The number of benzene rings is 2. The van der Waals surface area contributed by atoms with Crippen molar-refractivity contribution in [1.82, 2.24) is 9.55 Å². The van der Waals surface area contributed by atoms with E-state index in [-0.39, 0.29) is 0 Å². The molecule has 136 valence electrons. The number of nitrogens with two attached hydrogens (primary N) is 1. The number of rotatable bonds is 9. The van der Waals surface area contributed by atoms with E-state index < -0.39 is 0 Å². The predicted octanol–water partition coefficient (Wildman–Crippen LogP) is 5.23. The Morgan fingerprint density at radius 2 is 1.42 bits per heavy atom. The van der Waals surface area contributed by atoms with Gasteiger partial charge in [-0.05, 0) is 17.5 Å². The molecule has 0 bridgehead atoms. The molecule has 26 heavy (non-hydrogen) atoms. The van der Waals surface area contributed by atoms with Crippen LogP contribution in [0.3, 0.4) is 0 Å². The molecule has 2 N–H and O–H groups in total. The predicted molar refractivity (Wildman–Crippen MR) is 109 cm³/mol. The zero-order valence-corrected chi connectivity index (χ0v) is 15.7. The van der Waals surface area contributed by atoms with Crippen LogP contribution in [0.25, 0.3) is 0 Å². The molecule has 0 aliphatic heterocycles. The van der Waals surface area contributed by atoms with Crippen LogP contribution in [0.1, 0.15) is 55.1 Å². The molecule has 0 unspecified atom stereocenters. The smallest absolute Gasteiger partial charge is 0.200 e. The van der Waals surface area contributed by atoms with Gasteiger partial charge in [0.15, 0.2) is 0 Å². The largest absolute Gasteiger partial charge is 0.369 e. The topological polar surface area (TPSA) is 43.8 Å². The molecular weight excluding hydrogens is 318 g/mol. The Morgan fingerprint density at radius 3 is 2.04 bits per heavy atom. The molecule has 1 heterocycles. The fraction of sp³-hybridized carbons (Fsp3) is 0.348. The highest BCUT2D eigenvalue weighted by Crippen LogP contribution is 2.22. The van der Waals surface area contributed by atoms with E-state index in [9.17, 15) is 0 Å². The maximum absolute atomic E-state index is 6.32. The molecule has 0 amide bonds. The van der Waals surface area contributed by atoms with Crippen molar-refractivity contribution in [3.05, 3.63) is 83.2 Å². The first kappa shape index (κ1) is 18.2. The quantitative estimate of drug-likeness (QED) is 0.539. The summed E-state index contributed by atoms with van der Waals surface area (Å²) in [5, 5.41) is 0. The Kier molecular flexibility index (Phi) is 6.48. The van der Waals surface area contributed by atoms with Crippen LogP contribution in [0, 0.1) is 0 Å². The highest BCUT2D eigenvalue weighted by Gasteiger charge is 2.16. The third kappa shape index (κ3) is 4.75. The van der Waals surface area contributed by atoms with E-state index >= 15 is 0 Å². The number of aromatic nitrogens is 2. The third-order valence-electron chi connectivity index (χ3n) is 4.85. The number of anilines is 1. The number of hydrogen-bond donors (Lipinski definition) is 1. The van der Waals surface area contributed by atoms with Crippen molar-refractivity contribution in [3.63, 3.8) is 0 Å². The molecule has 0 radical (unpaired) electrons. The monoisotopic (exact) mass is 347 g/mol. The molecule has 0 fully saturated rings. The number of nitrogens with zero attached hydrogens (tertiary/aromatic N) is 2. The molecule has 0 aliphatic rings. The summed E-state index contributed by atoms with van der Waals surface area (Å²) >= 11 is 0. The molecular formula is C23H29N3. The highest BCUT2D eigenvalue weighted by atomic mass is 15.2. The average molecular weight is 348 g/mol. The molecule has 0 saturated heterocycles. The normalized spacial score (nSPS) is 11.0. The number of nitrogen functional groups attached to an aromatic ring is 1. The summed E-state index contributed by atoms with van der Waals surface area (Å²) in [6, 6.07) is 21.1.